The van der Waals surface area contributed by atoms with E-state index in [1.165, 1.54) is 0 Å². The zero-order valence-corrected chi connectivity index (χ0v) is 8.29. The first-order valence-corrected chi connectivity index (χ1v) is 4.82. The largest absolute Gasteiger partial charge is 0.397 e. The van der Waals surface area contributed by atoms with Crippen LogP contribution in [0.5, 0.6) is 0 Å². The summed E-state index contributed by atoms with van der Waals surface area (Å²) in [6.07, 6.45) is 2.72. The van der Waals surface area contributed by atoms with Crippen molar-refractivity contribution in [1.29, 1.82) is 0 Å². The van der Waals surface area contributed by atoms with Gasteiger partial charge in [0.05, 0.1) is 24.5 Å². The highest BCUT2D eigenvalue weighted by Crippen LogP contribution is 2.17. The van der Waals surface area contributed by atoms with E-state index in [2.05, 4.69) is 10.3 Å². The summed E-state index contributed by atoms with van der Waals surface area (Å²) in [5, 5.41) is 3.34. The van der Waals surface area contributed by atoms with Crippen LogP contribution in [-0.4, -0.2) is 24.2 Å². The Morgan fingerprint density at radius 2 is 2.50 bits per heavy atom. The van der Waals surface area contributed by atoms with Crippen LogP contribution >= 0.6 is 0 Å². The molecule has 1 aromatic heterocycles. The Hall–Kier alpha value is -1.29. The zero-order chi connectivity index (χ0) is 9.97. The zero-order valence-electron chi connectivity index (χ0n) is 8.29. The van der Waals surface area contributed by atoms with Crippen molar-refractivity contribution in [3.63, 3.8) is 0 Å². The number of hydrogen-bond donors (Lipinski definition) is 2. The molecule has 1 unspecified atom stereocenters. The van der Waals surface area contributed by atoms with Gasteiger partial charge in [-0.2, -0.15) is 0 Å². The van der Waals surface area contributed by atoms with Gasteiger partial charge < -0.3 is 15.8 Å². The molecule has 14 heavy (non-hydrogen) atoms. The Bertz CT molecular complexity index is 321. The molecule has 3 N–H and O–H groups in total. The lowest BCUT2D eigenvalue weighted by Crippen LogP contribution is -2.20. The van der Waals surface area contributed by atoms with Gasteiger partial charge in [0.2, 0.25) is 0 Å². The Morgan fingerprint density at radius 3 is 3.14 bits per heavy atom. The Morgan fingerprint density at radius 1 is 1.64 bits per heavy atom. The summed E-state index contributed by atoms with van der Waals surface area (Å²) in [4.78, 5) is 4.25. The van der Waals surface area contributed by atoms with Gasteiger partial charge in [-0.15, -0.1) is 0 Å². The summed E-state index contributed by atoms with van der Waals surface area (Å²) in [5.74, 6) is 0.912. The van der Waals surface area contributed by atoms with E-state index in [1.54, 1.807) is 6.20 Å². The van der Waals surface area contributed by atoms with Crippen LogP contribution in [0.15, 0.2) is 12.3 Å². The van der Waals surface area contributed by atoms with Crippen LogP contribution in [0.25, 0.3) is 0 Å². The number of pyridine rings is 1. The van der Waals surface area contributed by atoms with E-state index in [0.29, 0.717) is 11.7 Å². The molecule has 1 aliphatic heterocycles. The Labute approximate surface area is 83.5 Å². The number of aromatic nitrogens is 1. The molecule has 76 valence electrons. The number of nitrogens with zero attached hydrogens (tertiary/aromatic N) is 1. The fourth-order valence-electron chi connectivity index (χ4n) is 1.59. The van der Waals surface area contributed by atoms with Gasteiger partial charge in [-0.25, -0.2) is 4.98 Å². The minimum Gasteiger partial charge on any atom is -0.397 e. The van der Waals surface area contributed by atoms with E-state index in [4.69, 9.17) is 10.5 Å². The van der Waals surface area contributed by atoms with Crippen molar-refractivity contribution >= 4 is 11.5 Å². The number of aryl methyl sites for hydroxylation is 1. The summed E-state index contributed by atoms with van der Waals surface area (Å²) in [5.41, 5.74) is 7.41. The molecule has 0 radical (unpaired) electrons. The Kier molecular flexibility index (Phi) is 2.54. The van der Waals surface area contributed by atoms with Gasteiger partial charge in [0.15, 0.2) is 0 Å². The summed E-state index contributed by atoms with van der Waals surface area (Å²) >= 11 is 0. The smallest absolute Gasteiger partial charge is 0.129 e. The second kappa shape index (κ2) is 3.84. The number of anilines is 2. The van der Waals surface area contributed by atoms with E-state index in [0.717, 1.165) is 31.0 Å². The van der Waals surface area contributed by atoms with E-state index in [-0.39, 0.29) is 0 Å². The number of nitrogens with one attached hydrogen (secondary N) is 1. The predicted octanol–water partition coefficient (Wildman–Crippen LogP) is 1.17. The third-order valence-electron chi connectivity index (χ3n) is 2.37. The normalized spacial score (nSPS) is 21.1. The number of ether oxygens (including phenoxy) is 1. The molecule has 1 aromatic rings. The molecule has 0 aliphatic carbocycles. The molecule has 1 fully saturated rings. The molecule has 2 heterocycles. The molecule has 1 aliphatic rings. The summed E-state index contributed by atoms with van der Waals surface area (Å²) < 4.78 is 5.28. The second-order valence-electron chi connectivity index (χ2n) is 3.64. The molecule has 1 atom stereocenters. The maximum atomic E-state index is 5.62. The fourth-order valence-corrected chi connectivity index (χ4v) is 1.59. The lowest BCUT2D eigenvalue weighted by molar-refractivity contribution is 0.195. The summed E-state index contributed by atoms with van der Waals surface area (Å²) in [6.45, 7) is 3.61. The van der Waals surface area contributed by atoms with Crippen LogP contribution < -0.4 is 11.1 Å². The van der Waals surface area contributed by atoms with E-state index >= 15 is 0 Å². The first-order chi connectivity index (χ1) is 6.75. The fraction of sp³-hybridized carbons (Fsp3) is 0.500. The first kappa shape index (κ1) is 9.27. The predicted molar refractivity (Wildman–Crippen MR) is 56.2 cm³/mol. The molecular formula is C10H15N3O. The second-order valence-corrected chi connectivity index (χ2v) is 3.64. The molecule has 2 rings (SSSR count). The third-order valence-corrected chi connectivity index (χ3v) is 2.37. The van der Waals surface area contributed by atoms with Gasteiger partial charge in [-0.1, -0.05) is 0 Å². The molecule has 4 heteroatoms. The van der Waals surface area contributed by atoms with E-state index in [9.17, 15) is 0 Å². The van der Waals surface area contributed by atoms with Gasteiger partial charge in [-0.3, -0.25) is 0 Å². The average molecular weight is 193 g/mol. The highest BCUT2D eigenvalue weighted by Gasteiger charge is 2.16. The first-order valence-electron chi connectivity index (χ1n) is 4.82. The molecule has 0 spiro atoms. The van der Waals surface area contributed by atoms with Crippen LogP contribution in [0.4, 0.5) is 11.5 Å². The van der Waals surface area contributed by atoms with Crippen LogP contribution in [-0.2, 0) is 4.74 Å². The van der Waals surface area contributed by atoms with Crippen molar-refractivity contribution in [3.05, 3.63) is 17.8 Å². The molecule has 0 saturated carbocycles. The molecule has 4 nitrogen and oxygen atoms in total. The number of hydrogen-bond acceptors (Lipinski definition) is 4. The van der Waals surface area contributed by atoms with Crippen LogP contribution in [0.1, 0.15) is 12.0 Å². The van der Waals surface area contributed by atoms with Gasteiger partial charge in [0.25, 0.3) is 0 Å². The van der Waals surface area contributed by atoms with Gasteiger partial charge in [-0.05, 0) is 25.0 Å². The van der Waals surface area contributed by atoms with Gasteiger partial charge in [0.1, 0.15) is 5.82 Å². The lowest BCUT2D eigenvalue weighted by Gasteiger charge is -2.13. The summed E-state index contributed by atoms with van der Waals surface area (Å²) in [6, 6.07) is 2.32. The maximum absolute atomic E-state index is 5.62. The van der Waals surface area contributed by atoms with Crippen molar-refractivity contribution in [2.45, 2.75) is 19.4 Å². The Balaban J connectivity index is 2.08. The van der Waals surface area contributed by atoms with Crippen molar-refractivity contribution in [1.82, 2.24) is 4.98 Å². The quantitative estimate of drug-likeness (QED) is 0.740. The SMILES string of the molecule is Cc1cc(N)cnc1NC1CCOC1. The van der Waals surface area contributed by atoms with Crippen molar-refractivity contribution in [2.75, 3.05) is 24.3 Å². The number of nitrogen functional groups attached to an aromatic ring is 1. The molecular weight excluding hydrogens is 178 g/mol. The lowest BCUT2D eigenvalue weighted by atomic mass is 10.2. The van der Waals surface area contributed by atoms with Crippen LogP contribution in [0.2, 0.25) is 0 Å². The molecule has 0 bridgehead atoms. The van der Waals surface area contributed by atoms with E-state index < -0.39 is 0 Å². The van der Waals surface area contributed by atoms with Gasteiger partial charge in [0, 0.05) is 6.61 Å². The topological polar surface area (TPSA) is 60.2 Å². The standard InChI is InChI=1S/C10H15N3O/c1-7-4-8(11)5-12-10(7)13-9-2-3-14-6-9/h4-5,9H,2-3,6,11H2,1H3,(H,12,13). The highest BCUT2D eigenvalue weighted by atomic mass is 16.5. The van der Waals surface area contributed by atoms with Crippen LogP contribution in [0, 0.1) is 6.92 Å². The maximum Gasteiger partial charge on any atom is 0.129 e. The molecule has 0 amide bonds. The molecule has 0 aromatic carbocycles. The van der Waals surface area contributed by atoms with Crippen LogP contribution in [0.3, 0.4) is 0 Å². The van der Waals surface area contributed by atoms with E-state index in [1.807, 2.05) is 13.0 Å². The minimum atomic E-state index is 0.393. The van der Waals surface area contributed by atoms with Crippen molar-refractivity contribution in [2.24, 2.45) is 0 Å². The molecule has 1 saturated heterocycles. The average Bonchev–Trinajstić information content (AvgIpc) is 2.62. The minimum absolute atomic E-state index is 0.393. The highest BCUT2D eigenvalue weighted by molar-refractivity contribution is 5.51. The van der Waals surface area contributed by atoms with Gasteiger partial charge >= 0.3 is 0 Å². The number of nitrogens with two attached hydrogens (primary N) is 1. The van der Waals surface area contributed by atoms with Crippen molar-refractivity contribution < 1.29 is 4.74 Å². The number of rotatable bonds is 2. The van der Waals surface area contributed by atoms with Crippen molar-refractivity contribution in [3.8, 4) is 0 Å². The summed E-state index contributed by atoms with van der Waals surface area (Å²) in [7, 11) is 0. The monoisotopic (exact) mass is 193 g/mol. The third kappa shape index (κ3) is 1.96.